The first kappa shape index (κ1) is 25.3. The maximum atomic E-state index is 13.1. The summed E-state index contributed by atoms with van der Waals surface area (Å²) >= 11 is 6.15. The van der Waals surface area contributed by atoms with Gasteiger partial charge in [-0.1, -0.05) is 31.5 Å². The average molecular weight is 453 g/mol. The number of hydrogen-bond acceptors (Lipinski definition) is 4. The first-order valence-corrected chi connectivity index (χ1v) is 9.79. The number of benzene rings is 1. The normalized spacial score (nSPS) is 26.0. The zero-order chi connectivity index (χ0) is 19.1. The van der Waals surface area contributed by atoms with Crippen molar-refractivity contribution in [1.82, 2.24) is 4.90 Å². The highest BCUT2D eigenvalue weighted by molar-refractivity contribution is 6.30. The van der Waals surface area contributed by atoms with E-state index in [4.69, 9.17) is 22.1 Å². The van der Waals surface area contributed by atoms with Gasteiger partial charge in [0.25, 0.3) is 0 Å². The number of ether oxygens (including phenoxy) is 1. The number of hydrogen-bond donors (Lipinski definition) is 1. The summed E-state index contributed by atoms with van der Waals surface area (Å²) in [4.78, 5) is 17.3. The van der Waals surface area contributed by atoms with Gasteiger partial charge < -0.3 is 20.3 Å². The minimum atomic E-state index is -0.832. The quantitative estimate of drug-likeness (QED) is 0.757. The summed E-state index contributed by atoms with van der Waals surface area (Å²) < 4.78 is 5.75. The van der Waals surface area contributed by atoms with Crippen molar-refractivity contribution in [2.45, 2.75) is 45.8 Å². The van der Waals surface area contributed by atoms with Gasteiger partial charge in [0.2, 0.25) is 5.91 Å². The van der Waals surface area contributed by atoms with Crippen LogP contribution in [0.2, 0.25) is 5.02 Å². The number of rotatable bonds is 4. The Hall–Kier alpha value is -0.720. The summed E-state index contributed by atoms with van der Waals surface area (Å²) in [6.07, 6.45) is 0.650. The van der Waals surface area contributed by atoms with E-state index in [1.54, 1.807) is 0 Å². The molecule has 28 heavy (non-hydrogen) atoms. The molecule has 1 aliphatic carbocycles. The van der Waals surface area contributed by atoms with Crippen LogP contribution in [0.4, 0.5) is 5.69 Å². The van der Waals surface area contributed by atoms with Gasteiger partial charge in [-0.15, -0.1) is 24.8 Å². The summed E-state index contributed by atoms with van der Waals surface area (Å²) in [6.45, 7) is 11.7. The van der Waals surface area contributed by atoms with Crippen LogP contribution >= 0.6 is 36.4 Å². The first-order valence-electron chi connectivity index (χ1n) is 9.41. The van der Waals surface area contributed by atoms with Crippen molar-refractivity contribution in [2.75, 3.05) is 37.7 Å². The number of aryl methyl sites for hydroxylation is 1. The molecule has 1 saturated heterocycles. The lowest BCUT2D eigenvalue weighted by molar-refractivity contribution is -0.179. The van der Waals surface area contributed by atoms with Crippen molar-refractivity contribution in [3.05, 3.63) is 28.8 Å². The monoisotopic (exact) mass is 451 g/mol. The molecule has 5 nitrogen and oxygen atoms in total. The molecule has 1 amide bonds. The van der Waals surface area contributed by atoms with Crippen molar-refractivity contribution in [3.63, 3.8) is 0 Å². The van der Waals surface area contributed by atoms with Gasteiger partial charge in [0.05, 0.1) is 6.10 Å². The number of halogens is 3. The number of carbonyl (C=O) groups excluding carboxylic acids is 1. The van der Waals surface area contributed by atoms with Crippen LogP contribution < -0.4 is 10.6 Å². The van der Waals surface area contributed by atoms with Crippen LogP contribution in [0.3, 0.4) is 0 Å². The SMILES string of the molecule is CCOC1CC(N)(C(=O)N2CCN(c3cc(Cl)ccc3C)CC2)C1(C)C.Cl.Cl. The molecule has 1 aromatic rings. The molecule has 1 aromatic carbocycles. The fraction of sp³-hybridized carbons (Fsp3) is 0.650. The van der Waals surface area contributed by atoms with Crippen LogP contribution in [0, 0.1) is 12.3 Å². The molecule has 0 bridgehead atoms. The lowest BCUT2D eigenvalue weighted by atomic mass is 9.54. The lowest BCUT2D eigenvalue weighted by Crippen LogP contribution is -2.76. The summed E-state index contributed by atoms with van der Waals surface area (Å²) in [7, 11) is 0. The average Bonchev–Trinajstić information content (AvgIpc) is 2.63. The summed E-state index contributed by atoms with van der Waals surface area (Å²) in [5, 5.41) is 0.739. The molecule has 1 aliphatic heterocycles. The fourth-order valence-corrected chi connectivity index (χ4v) is 4.32. The van der Waals surface area contributed by atoms with E-state index in [0.29, 0.717) is 26.1 Å². The van der Waals surface area contributed by atoms with Gasteiger partial charge in [0.1, 0.15) is 5.54 Å². The minimum absolute atomic E-state index is 0. The minimum Gasteiger partial charge on any atom is -0.378 e. The maximum absolute atomic E-state index is 13.1. The van der Waals surface area contributed by atoms with Crippen LogP contribution in [0.5, 0.6) is 0 Å². The van der Waals surface area contributed by atoms with Crippen LogP contribution in [0.25, 0.3) is 0 Å². The van der Waals surface area contributed by atoms with E-state index in [1.807, 2.05) is 43.9 Å². The Morgan fingerprint density at radius 1 is 1.25 bits per heavy atom. The highest BCUT2D eigenvalue weighted by Crippen LogP contribution is 2.50. The molecule has 8 heteroatoms. The van der Waals surface area contributed by atoms with Crippen molar-refractivity contribution >= 4 is 48.0 Å². The Morgan fingerprint density at radius 2 is 1.86 bits per heavy atom. The summed E-state index contributed by atoms with van der Waals surface area (Å²) in [6, 6.07) is 5.95. The predicted molar refractivity (Wildman–Crippen MR) is 120 cm³/mol. The van der Waals surface area contributed by atoms with Gasteiger partial charge in [0, 0.05) is 55.3 Å². The Balaban J connectivity index is 0.00000196. The Morgan fingerprint density at radius 3 is 2.39 bits per heavy atom. The molecule has 160 valence electrons. The van der Waals surface area contributed by atoms with E-state index in [-0.39, 0.29) is 42.2 Å². The molecule has 1 heterocycles. The molecule has 0 aromatic heterocycles. The summed E-state index contributed by atoms with van der Waals surface area (Å²) in [5.41, 5.74) is 7.73. The van der Waals surface area contributed by atoms with E-state index in [1.165, 1.54) is 5.56 Å². The van der Waals surface area contributed by atoms with Crippen molar-refractivity contribution in [2.24, 2.45) is 11.1 Å². The standard InChI is InChI=1S/C20H30ClN3O2.2ClH/c1-5-26-17-13-20(22,19(17,3)4)18(25)24-10-8-23(9-11-24)16-12-15(21)7-6-14(16)2;;/h6-7,12,17H,5,8-11,13,22H2,1-4H3;2*1H. The van der Waals surface area contributed by atoms with E-state index >= 15 is 0 Å². The number of piperazine rings is 1. The van der Waals surface area contributed by atoms with Crippen molar-refractivity contribution in [3.8, 4) is 0 Å². The maximum Gasteiger partial charge on any atom is 0.243 e. The first-order chi connectivity index (χ1) is 12.2. The van der Waals surface area contributed by atoms with Crippen LogP contribution in [0.15, 0.2) is 18.2 Å². The molecule has 2 atom stereocenters. The van der Waals surface area contributed by atoms with E-state index in [2.05, 4.69) is 11.8 Å². The van der Waals surface area contributed by atoms with Crippen LogP contribution in [-0.4, -0.2) is 55.2 Å². The van der Waals surface area contributed by atoms with Gasteiger partial charge in [-0.3, -0.25) is 4.79 Å². The van der Waals surface area contributed by atoms with Crippen LogP contribution in [0.1, 0.15) is 32.8 Å². The number of nitrogens with zero attached hydrogens (tertiary/aromatic N) is 2. The Bertz CT molecular complexity index is 693. The van der Waals surface area contributed by atoms with Gasteiger partial charge in [-0.05, 0) is 31.5 Å². The Kier molecular flexibility index (Phi) is 8.49. The van der Waals surface area contributed by atoms with Crippen LogP contribution in [-0.2, 0) is 9.53 Å². The molecule has 2 aliphatic rings. The van der Waals surface area contributed by atoms with Gasteiger partial charge in [-0.2, -0.15) is 0 Å². The Labute approximate surface area is 185 Å². The summed E-state index contributed by atoms with van der Waals surface area (Å²) in [5.74, 6) is 0.0564. The number of anilines is 1. The van der Waals surface area contributed by atoms with E-state index in [0.717, 1.165) is 23.8 Å². The highest BCUT2D eigenvalue weighted by Gasteiger charge is 2.63. The molecule has 1 saturated carbocycles. The number of nitrogens with two attached hydrogens (primary N) is 1. The largest absolute Gasteiger partial charge is 0.378 e. The number of amides is 1. The second-order valence-electron chi connectivity index (χ2n) is 8.05. The molecule has 0 spiro atoms. The third kappa shape index (κ3) is 4.24. The van der Waals surface area contributed by atoms with Crippen molar-refractivity contribution < 1.29 is 9.53 Å². The topological polar surface area (TPSA) is 58.8 Å². The van der Waals surface area contributed by atoms with E-state index < -0.39 is 5.54 Å². The third-order valence-electron chi connectivity index (χ3n) is 6.29. The van der Waals surface area contributed by atoms with Gasteiger partial charge >= 0.3 is 0 Å². The molecule has 0 radical (unpaired) electrons. The smallest absolute Gasteiger partial charge is 0.243 e. The number of carbonyl (C=O) groups is 1. The highest BCUT2D eigenvalue weighted by atomic mass is 35.5. The second kappa shape index (κ2) is 9.40. The van der Waals surface area contributed by atoms with Crippen molar-refractivity contribution in [1.29, 1.82) is 0 Å². The van der Waals surface area contributed by atoms with Gasteiger partial charge in [-0.25, -0.2) is 0 Å². The fourth-order valence-electron chi connectivity index (χ4n) is 4.15. The zero-order valence-corrected chi connectivity index (χ0v) is 19.4. The molecule has 2 N–H and O–H groups in total. The lowest BCUT2D eigenvalue weighted by Gasteiger charge is -2.59. The molecular weight excluding hydrogens is 421 g/mol. The predicted octanol–water partition coefficient (Wildman–Crippen LogP) is 3.67. The zero-order valence-electron chi connectivity index (χ0n) is 17.0. The second-order valence-corrected chi connectivity index (χ2v) is 8.49. The third-order valence-corrected chi connectivity index (χ3v) is 6.53. The molecule has 2 unspecified atom stereocenters. The molecule has 3 rings (SSSR count). The van der Waals surface area contributed by atoms with Gasteiger partial charge in [0.15, 0.2) is 0 Å². The van der Waals surface area contributed by atoms with E-state index in [9.17, 15) is 4.79 Å². The molecular formula is C20H32Cl3N3O2. The molecule has 2 fully saturated rings.